The Kier molecular flexibility index (Phi) is 5.20. The molecule has 2 aliphatic heterocycles. The minimum atomic E-state index is -0.399. The van der Waals surface area contributed by atoms with Crippen LogP contribution in [0.15, 0.2) is 16.8 Å². The summed E-state index contributed by atoms with van der Waals surface area (Å²) in [6, 6.07) is 1.99. The first-order chi connectivity index (χ1) is 13.5. The summed E-state index contributed by atoms with van der Waals surface area (Å²) in [5, 5.41) is 15.4. The van der Waals surface area contributed by atoms with E-state index in [9.17, 15) is 9.59 Å². The molecule has 0 aromatic carbocycles. The van der Waals surface area contributed by atoms with E-state index in [0.717, 1.165) is 23.4 Å². The molecule has 150 valence electrons. The lowest BCUT2D eigenvalue weighted by molar-refractivity contribution is -0.132. The summed E-state index contributed by atoms with van der Waals surface area (Å²) in [7, 11) is 0. The molecule has 1 saturated heterocycles. The number of ether oxygens (including phenoxy) is 1. The highest BCUT2D eigenvalue weighted by atomic mass is 32.1. The maximum Gasteiger partial charge on any atom is 0.227 e. The van der Waals surface area contributed by atoms with Crippen molar-refractivity contribution in [2.75, 3.05) is 13.1 Å². The number of hydrogen-bond acceptors (Lipinski definition) is 6. The fraction of sp³-hybridized carbons (Fsp3) is 0.579. The second-order valence-electron chi connectivity index (χ2n) is 7.86. The van der Waals surface area contributed by atoms with Gasteiger partial charge in [0.1, 0.15) is 11.3 Å². The summed E-state index contributed by atoms with van der Waals surface area (Å²) in [6.45, 7) is 6.32. The summed E-state index contributed by atoms with van der Waals surface area (Å²) in [6.07, 6.45) is 1.23. The second-order valence-corrected chi connectivity index (χ2v) is 8.64. The van der Waals surface area contributed by atoms with Crippen molar-refractivity contribution in [3.05, 3.63) is 33.8 Å². The Morgan fingerprint density at radius 3 is 3.00 bits per heavy atom. The number of amides is 2. The van der Waals surface area contributed by atoms with Crippen LogP contribution in [0.1, 0.15) is 37.2 Å². The molecule has 2 aliphatic rings. The number of rotatable bonds is 5. The highest BCUT2D eigenvalue weighted by Crippen LogP contribution is 2.33. The van der Waals surface area contributed by atoms with Crippen LogP contribution in [0.3, 0.4) is 0 Å². The maximum atomic E-state index is 12.6. The molecule has 0 bridgehead atoms. The van der Waals surface area contributed by atoms with Crippen molar-refractivity contribution in [2.45, 2.75) is 52.0 Å². The smallest absolute Gasteiger partial charge is 0.227 e. The van der Waals surface area contributed by atoms with Crippen LogP contribution in [0.5, 0.6) is 0 Å². The molecule has 9 heteroatoms. The minimum Gasteiger partial charge on any atom is -0.365 e. The van der Waals surface area contributed by atoms with Gasteiger partial charge < -0.3 is 15.0 Å². The third kappa shape index (κ3) is 3.81. The number of likely N-dealkylation sites (tertiary alicyclic amines) is 1. The molecule has 1 N–H and O–H groups in total. The number of fused-ring (bicyclic) bond motifs is 1. The lowest BCUT2D eigenvalue weighted by Crippen LogP contribution is -2.45. The van der Waals surface area contributed by atoms with E-state index in [1.165, 1.54) is 0 Å². The Labute approximate surface area is 167 Å². The van der Waals surface area contributed by atoms with Gasteiger partial charge in [-0.05, 0) is 28.8 Å². The first-order valence-corrected chi connectivity index (χ1v) is 10.5. The van der Waals surface area contributed by atoms with Gasteiger partial charge in [0.15, 0.2) is 0 Å². The summed E-state index contributed by atoms with van der Waals surface area (Å²) in [5.74, 6) is 0.0628. The van der Waals surface area contributed by atoms with E-state index < -0.39 is 5.60 Å². The molecule has 1 unspecified atom stereocenters. The van der Waals surface area contributed by atoms with Gasteiger partial charge in [-0.15, -0.1) is 5.10 Å². The van der Waals surface area contributed by atoms with Crippen molar-refractivity contribution in [1.29, 1.82) is 0 Å². The number of nitrogens with zero attached hydrogens (tertiary/aromatic N) is 4. The molecule has 4 heterocycles. The summed E-state index contributed by atoms with van der Waals surface area (Å²) in [4.78, 5) is 26.3. The van der Waals surface area contributed by atoms with Gasteiger partial charge in [0.2, 0.25) is 11.8 Å². The first-order valence-electron chi connectivity index (χ1n) is 9.57. The van der Waals surface area contributed by atoms with Crippen LogP contribution < -0.4 is 5.32 Å². The molecule has 1 atom stereocenters. The van der Waals surface area contributed by atoms with Crippen molar-refractivity contribution in [1.82, 2.24) is 25.2 Å². The van der Waals surface area contributed by atoms with Crippen LogP contribution >= 0.6 is 11.3 Å². The van der Waals surface area contributed by atoms with Crippen molar-refractivity contribution < 1.29 is 14.3 Å². The predicted octanol–water partition coefficient (Wildman–Crippen LogP) is 1.36. The first kappa shape index (κ1) is 19.1. The summed E-state index contributed by atoms with van der Waals surface area (Å²) < 4.78 is 8.08. The van der Waals surface area contributed by atoms with E-state index in [-0.39, 0.29) is 17.7 Å². The Balaban J connectivity index is 1.38. The Bertz CT molecular complexity index is 863. The van der Waals surface area contributed by atoms with Gasteiger partial charge in [-0.1, -0.05) is 19.1 Å². The normalized spacial score (nSPS) is 21.3. The van der Waals surface area contributed by atoms with E-state index >= 15 is 0 Å². The summed E-state index contributed by atoms with van der Waals surface area (Å²) in [5.41, 5.74) is 2.31. The van der Waals surface area contributed by atoms with E-state index in [0.29, 0.717) is 39.2 Å². The standard InChI is InChI=1S/C19H25N5O3S/c1-13(2)18(26)20-8-15-16-9-27-19(12-24(16)22-21-15)4-5-23(11-19)17(25)7-14-3-6-28-10-14/h3,6,10,13H,4-5,7-9,11-12H2,1-2H3,(H,20,26). The monoisotopic (exact) mass is 403 g/mol. The minimum absolute atomic E-state index is 0.00878. The molecule has 1 fully saturated rings. The number of aromatic nitrogens is 3. The number of carbonyl (C=O) groups excluding carboxylic acids is 2. The maximum absolute atomic E-state index is 12.6. The third-order valence-corrected chi connectivity index (χ3v) is 6.16. The zero-order valence-electron chi connectivity index (χ0n) is 16.2. The molecular formula is C19H25N5O3S. The van der Waals surface area contributed by atoms with Gasteiger partial charge in [-0.2, -0.15) is 11.3 Å². The van der Waals surface area contributed by atoms with Crippen LogP contribution in [0.25, 0.3) is 0 Å². The van der Waals surface area contributed by atoms with E-state index in [4.69, 9.17) is 4.74 Å². The molecule has 0 aliphatic carbocycles. The molecule has 4 rings (SSSR count). The zero-order chi connectivity index (χ0) is 19.7. The van der Waals surface area contributed by atoms with Crippen molar-refractivity contribution in [3.63, 3.8) is 0 Å². The molecule has 2 amide bonds. The second kappa shape index (κ2) is 7.63. The fourth-order valence-electron chi connectivity index (χ4n) is 3.69. The van der Waals surface area contributed by atoms with Gasteiger partial charge >= 0.3 is 0 Å². The molecule has 0 radical (unpaired) electrons. The fourth-order valence-corrected chi connectivity index (χ4v) is 4.36. The quantitative estimate of drug-likeness (QED) is 0.814. The molecule has 28 heavy (non-hydrogen) atoms. The summed E-state index contributed by atoms with van der Waals surface area (Å²) >= 11 is 1.61. The van der Waals surface area contributed by atoms with E-state index in [1.54, 1.807) is 11.3 Å². The lowest BCUT2D eigenvalue weighted by atomic mass is 10.0. The van der Waals surface area contributed by atoms with Gasteiger partial charge in [-0.3, -0.25) is 9.59 Å². The number of hydrogen-bond donors (Lipinski definition) is 1. The topological polar surface area (TPSA) is 89.3 Å². The predicted molar refractivity (Wildman–Crippen MR) is 103 cm³/mol. The molecule has 2 aromatic heterocycles. The largest absolute Gasteiger partial charge is 0.365 e. The van der Waals surface area contributed by atoms with Crippen LogP contribution in [0, 0.1) is 5.92 Å². The van der Waals surface area contributed by atoms with Gasteiger partial charge in [0.25, 0.3) is 0 Å². The molecule has 1 spiro atoms. The molecule has 2 aromatic rings. The highest BCUT2D eigenvalue weighted by molar-refractivity contribution is 7.08. The average molecular weight is 404 g/mol. The number of thiophene rings is 1. The lowest BCUT2D eigenvalue weighted by Gasteiger charge is -2.34. The Hall–Kier alpha value is -2.26. The van der Waals surface area contributed by atoms with E-state index in [1.807, 2.05) is 40.3 Å². The van der Waals surface area contributed by atoms with Crippen molar-refractivity contribution in [3.8, 4) is 0 Å². The number of nitrogens with one attached hydrogen (secondary N) is 1. The van der Waals surface area contributed by atoms with Crippen LogP contribution in [0.4, 0.5) is 0 Å². The van der Waals surface area contributed by atoms with Crippen LogP contribution in [0.2, 0.25) is 0 Å². The number of carbonyl (C=O) groups is 2. The van der Waals surface area contributed by atoms with Crippen LogP contribution in [-0.4, -0.2) is 50.4 Å². The zero-order valence-corrected chi connectivity index (χ0v) is 17.0. The van der Waals surface area contributed by atoms with Crippen LogP contribution in [-0.2, 0) is 40.4 Å². The third-order valence-electron chi connectivity index (χ3n) is 5.43. The van der Waals surface area contributed by atoms with Crippen molar-refractivity contribution >= 4 is 23.2 Å². The van der Waals surface area contributed by atoms with Gasteiger partial charge in [0.05, 0.1) is 38.4 Å². The van der Waals surface area contributed by atoms with Gasteiger partial charge in [0, 0.05) is 12.5 Å². The SMILES string of the molecule is CC(C)C(=O)NCc1nnn2c1COC1(CCN(C(=O)Cc3ccsc3)C1)C2. The molecule has 8 nitrogen and oxygen atoms in total. The van der Waals surface area contributed by atoms with Gasteiger partial charge in [-0.25, -0.2) is 4.68 Å². The Morgan fingerprint density at radius 2 is 2.25 bits per heavy atom. The highest BCUT2D eigenvalue weighted by Gasteiger charge is 2.44. The average Bonchev–Trinajstić information content (AvgIpc) is 3.40. The van der Waals surface area contributed by atoms with Crippen molar-refractivity contribution in [2.24, 2.45) is 5.92 Å². The molecular weight excluding hydrogens is 378 g/mol. The Morgan fingerprint density at radius 1 is 1.39 bits per heavy atom. The molecule has 0 saturated carbocycles. The van der Waals surface area contributed by atoms with E-state index in [2.05, 4.69) is 15.6 Å².